The Morgan fingerprint density at radius 3 is 2.14 bits per heavy atom. The first-order chi connectivity index (χ1) is 6.38. The molecule has 1 aromatic rings. The van der Waals surface area contributed by atoms with Gasteiger partial charge < -0.3 is 4.57 Å². The summed E-state index contributed by atoms with van der Waals surface area (Å²) in [5.41, 5.74) is 0.0795. The van der Waals surface area contributed by atoms with E-state index in [1.165, 1.54) is 0 Å². The van der Waals surface area contributed by atoms with Crippen molar-refractivity contribution < 1.29 is 0 Å². The van der Waals surface area contributed by atoms with E-state index in [1.54, 1.807) is 0 Å². The van der Waals surface area contributed by atoms with E-state index in [0.29, 0.717) is 5.92 Å². The zero-order valence-electron chi connectivity index (χ0n) is 10.1. The minimum atomic E-state index is 0.0795. The monoisotopic (exact) mass is 195 g/mol. The van der Waals surface area contributed by atoms with E-state index in [2.05, 4.69) is 56.3 Å². The first-order valence-corrected chi connectivity index (χ1v) is 5.31. The summed E-state index contributed by atoms with van der Waals surface area (Å²) in [6.07, 6.45) is 0. The van der Waals surface area contributed by atoms with Gasteiger partial charge in [-0.2, -0.15) is 0 Å². The van der Waals surface area contributed by atoms with E-state index in [9.17, 15) is 0 Å². The normalized spacial score (nSPS) is 12.5. The highest BCUT2D eigenvalue weighted by Gasteiger charge is 2.23. The van der Waals surface area contributed by atoms with Crippen molar-refractivity contribution in [1.29, 1.82) is 0 Å². The first kappa shape index (κ1) is 11.2. The second-order valence-corrected chi connectivity index (χ2v) is 5.03. The third-order valence-electron chi connectivity index (χ3n) is 2.28. The van der Waals surface area contributed by atoms with Gasteiger partial charge in [0.1, 0.15) is 11.6 Å². The Labute approximate surface area is 86.5 Å². The number of hydrogen-bond acceptors (Lipinski definition) is 2. The first-order valence-electron chi connectivity index (χ1n) is 5.31. The zero-order chi connectivity index (χ0) is 10.9. The van der Waals surface area contributed by atoms with E-state index >= 15 is 0 Å². The molecule has 3 nitrogen and oxygen atoms in total. The molecule has 3 heteroatoms. The second kappa shape index (κ2) is 3.71. The molecule has 1 heterocycles. The van der Waals surface area contributed by atoms with Gasteiger partial charge in [-0.25, -0.2) is 0 Å². The van der Waals surface area contributed by atoms with Crippen LogP contribution in [0.4, 0.5) is 0 Å². The summed E-state index contributed by atoms with van der Waals surface area (Å²) in [7, 11) is 0. The van der Waals surface area contributed by atoms with Crippen LogP contribution in [-0.4, -0.2) is 14.8 Å². The predicted molar refractivity (Wildman–Crippen MR) is 58.5 cm³/mol. The van der Waals surface area contributed by atoms with Gasteiger partial charge in [-0.1, -0.05) is 34.6 Å². The van der Waals surface area contributed by atoms with Crippen molar-refractivity contribution in [2.45, 2.75) is 59.4 Å². The molecule has 0 radical (unpaired) electrons. The molecule has 0 saturated carbocycles. The van der Waals surface area contributed by atoms with Crippen molar-refractivity contribution in [3.8, 4) is 0 Å². The fourth-order valence-electron chi connectivity index (χ4n) is 1.61. The van der Waals surface area contributed by atoms with Crippen molar-refractivity contribution >= 4 is 0 Å². The van der Waals surface area contributed by atoms with Gasteiger partial charge in [0.25, 0.3) is 0 Å². The van der Waals surface area contributed by atoms with Crippen LogP contribution in [0.15, 0.2) is 0 Å². The van der Waals surface area contributed by atoms with Gasteiger partial charge in [0.05, 0.1) is 0 Å². The molecule has 0 fully saturated rings. The van der Waals surface area contributed by atoms with Crippen molar-refractivity contribution in [2.75, 3.05) is 0 Å². The van der Waals surface area contributed by atoms with Crippen LogP contribution in [0.25, 0.3) is 0 Å². The summed E-state index contributed by atoms with van der Waals surface area (Å²) in [6, 6.07) is 0. The van der Waals surface area contributed by atoms with Crippen molar-refractivity contribution in [3.05, 3.63) is 11.6 Å². The smallest absolute Gasteiger partial charge is 0.138 e. The number of rotatable bonds is 2. The number of nitrogens with zero attached hydrogens (tertiary/aromatic N) is 3. The molecule has 0 atom stereocenters. The Bertz CT molecular complexity index is 305. The fraction of sp³-hybridized carbons (Fsp3) is 0.818. The average molecular weight is 195 g/mol. The molecule has 0 bridgehead atoms. The quantitative estimate of drug-likeness (QED) is 0.726. The lowest BCUT2D eigenvalue weighted by molar-refractivity contribution is 0.496. The summed E-state index contributed by atoms with van der Waals surface area (Å²) < 4.78 is 2.23. The Kier molecular flexibility index (Phi) is 2.98. The Balaban J connectivity index is 3.21. The molecule has 0 aromatic carbocycles. The number of hydrogen-bond donors (Lipinski definition) is 0. The average Bonchev–Trinajstić information content (AvgIpc) is 2.45. The molecule has 0 aliphatic carbocycles. The maximum absolute atomic E-state index is 4.29. The van der Waals surface area contributed by atoms with Crippen LogP contribution in [0.5, 0.6) is 0 Å². The van der Waals surface area contributed by atoms with Gasteiger partial charge in [-0.15, -0.1) is 10.2 Å². The summed E-state index contributed by atoms with van der Waals surface area (Å²) >= 11 is 0. The topological polar surface area (TPSA) is 30.7 Å². The van der Waals surface area contributed by atoms with Crippen LogP contribution in [0.3, 0.4) is 0 Å². The summed E-state index contributed by atoms with van der Waals surface area (Å²) in [5.74, 6) is 2.62. The molecule has 0 spiro atoms. The summed E-state index contributed by atoms with van der Waals surface area (Å²) in [5, 5.41) is 8.56. The molecule has 14 heavy (non-hydrogen) atoms. The standard InChI is InChI=1S/C11H21N3/c1-7-14-9(8(2)3)12-13-10(14)11(4,5)6/h8H,7H2,1-6H3. The molecule has 80 valence electrons. The number of aromatic nitrogens is 3. The van der Waals surface area contributed by atoms with Crippen molar-refractivity contribution in [3.63, 3.8) is 0 Å². The van der Waals surface area contributed by atoms with E-state index in [-0.39, 0.29) is 5.41 Å². The van der Waals surface area contributed by atoms with Crippen LogP contribution in [0, 0.1) is 0 Å². The molecule has 1 rings (SSSR count). The minimum absolute atomic E-state index is 0.0795. The highest BCUT2D eigenvalue weighted by atomic mass is 15.3. The van der Waals surface area contributed by atoms with Crippen LogP contribution in [-0.2, 0) is 12.0 Å². The molecule has 1 aromatic heterocycles. The lowest BCUT2D eigenvalue weighted by Crippen LogP contribution is -2.19. The zero-order valence-corrected chi connectivity index (χ0v) is 10.1. The van der Waals surface area contributed by atoms with Crippen molar-refractivity contribution in [1.82, 2.24) is 14.8 Å². The largest absolute Gasteiger partial charge is 0.315 e. The molecule has 0 aliphatic rings. The second-order valence-electron chi connectivity index (χ2n) is 5.03. The molecular formula is C11H21N3. The third kappa shape index (κ3) is 1.97. The van der Waals surface area contributed by atoms with E-state index in [0.717, 1.165) is 18.2 Å². The van der Waals surface area contributed by atoms with E-state index < -0.39 is 0 Å². The Hall–Kier alpha value is -0.860. The van der Waals surface area contributed by atoms with Crippen LogP contribution >= 0.6 is 0 Å². The summed E-state index contributed by atoms with van der Waals surface area (Å²) in [6.45, 7) is 13.9. The molecule has 0 aliphatic heterocycles. The maximum atomic E-state index is 4.29. The highest BCUT2D eigenvalue weighted by molar-refractivity contribution is 5.08. The highest BCUT2D eigenvalue weighted by Crippen LogP contribution is 2.23. The maximum Gasteiger partial charge on any atom is 0.138 e. The van der Waals surface area contributed by atoms with Crippen LogP contribution in [0.1, 0.15) is 59.1 Å². The fourth-order valence-corrected chi connectivity index (χ4v) is 1.61. The third-order valence-corrected chi connectivity index (χ3v) is 2.28. The van der Waals surface area contributed by atoms with Gasteiger partial charge in [0, 0.05) is 17.9 Å². The van der Waals surface area contributed by atoms with Gasteiger partial charge in [-0.3, -0.25) is 0 Å². The Morgan fingerprint density at radius 2 is 1.79 bits per heavy atom. The lowest BCUT2D eigenvalue weighted by Gasteiger charge is -2.19. The van der Waals surface area contributed by atoms with E-state index in [1.807, 2.05) is 0 Å². The lowest BCUT2D eigenvalue weighted by atomic mass is 9.95. The van der Waals surface area contributed by atoms with Gasteiger partial charge in [0.2, 0.25) is 0 Å². The van der Waals surface area contributed by atoms with Gasteiger partial charge in [0.15, 0.2) is 0 Å². The molecule has 0 saturated heterocycles. The predicted octanol–water partition coefficient (Wildman–Crippen LogP) is 2.72. The molecule has 0 unspecified atom stereocenters. The Morgan fingerprint density at radius 1 is 1.21 bits per heavy atom. The van der Waals surface area contributed by atoms with Gasteiger partial charge >= 0.3 is 0 Å². The van der Waals surface area contributed by atoms with Crippen molar-refractivity contribution in [2.24, 2.45) is 0 Å². The summed E-state index contributed by atoms with van der Waals surface area (Å²) in [4.78, 5) is 0. The molecule has 0 amide bonds. The SMILES string of the molecule is CCn1c(C(C)C)nnc1C(C)(C)C. The van der Waals surface area contributed by atoms with Gasteiger partial charge in [-0.05, 0) is 6.92 Å². The molecule has 0 N–H and O–H groups in total. The van der Waals surface area contributed by atoms with E-state index in [4.69, 9.17) is 0 Å². The minimum Gasteiger partial charge on any atom is -0.315 e. The van der Waals surface area contributed by atoms with Crippen LogP contribution < -0.4 is 0 Å². The van der Waals surface area contributed by atoms with Crippen LogP contribution in [0.2, 0.25) is 0 Å². The molecular weight excluding hydrogens is 174 g/mol.